The van der Waals surface area contributed by atoms with Crippen molar-refractivity contribution in [3.63, 3.8) is 0 Å². The largest absolute Gasteiger partial charge is 0.497 e. The number of carbonyl (C=O) groups is 2. The fraction of sp³-hybridized carbons (Fsp3) is 0.429. The Bertz CT molecular complexity index is 1110. The molecule has 172 valence electrons. The monoisotopic (exact) mass is 495 g/mol. The summed E-state index contributed by atoms with van der Waals surface area (Å²) in [5.74, 6) is 1.35. The van der Waals surface area contributed by atoms with Gasteiger partial charge in [0.05, 0.1) is 18.7 Å². The number of methoxy groups -OCH3 is 1. The summed E-state index contributed by atoms with van der Waals surface area (Å²) in [4.78, 5) is 27.7. The molecule has 2 aliphatic heterocycles. The number of benzene rings is 1. The van der Waals surface area contributed by atoms with Gasteiger partial charge in [0, 0.05) is 48.1 Å². The maximum absolute atomic E-state index is 12.9. The van der Waals surface area contributed by atoms with Crippen molar-refractivity contribution in [1.29, 1.82) is 0 Å². The average molecular weight is 496 g/mol. The Hall–Kier alpha value is -2.08. The molecular formula is C21H25N3O5S3. The number of aryl methyl sites for hydroxylation is 1. The average Bonchev–Trinajstić information content (AvgIpc) is 3.37. The van der Waals surface area contributed by atoms with Crippen molar-refractivity contribution >= 4 is 56.3 Å². The van der Waals surface area contributed by atoms with Crippen LogP contribution >= 0.6 is 23.1 Å². The zero-order chi connectivity index (χ0) is 22.9. The van der Waals surface area contributed by atoms with Gasteiger partial charge in [0.15, 0.2) is 0 Å². The Kier molecular flexibility index (Phi) is 6.80. The minimum absolute atomic E-state index is 0.109. The molecule has 2 fully saturated rings. The zero-order valence-corrected chi connectivity index (χ0v) is 20.3. The molecule has 1 aromatic heterocycles. The van der Waals surface area contributed by atoms with E-state index in [-0.39, 0.29) is 29.0 Å². The van der Waals surface area contributed by atoms with E-state index >= 15 is 0 Å². The summed E-state index contributed by atoms with van der Waals surface area (Å²) >= 11 is 2.90. The predicted molar refractivity (Wildman–Crippen MR) is 127 cm³/mol. The molecule has 2 amide bonds. The Morgan fingerprint density at radius 3 is 2.53 bits per heavy atom. The number of thiophene rings is 1. The molecule has 0 saturated carbocycles. The number of rotatable bonds is 6. The van der Waals surface area contributed by atoms with E-state index in [1.54, 1.807) is 55.0 Å². The summed E-state index contributed by atoms with van der Waals surface area (Å²) in [5, 5.41) is 2.84. The van der Waals surface area contributed by atoms with Crippen LogP contribution in [0.2, 0.25) is 0 Å². The molecule has 1 aromatic carbocycles. The maximum Gasteiger partial charge on any atom is 0.252 e. The lowest BCUT2D eigenvalue weighted by Gasteiger charge is -2.24. The van der Waals surface area contributed by atoms with Crippen molar-refractivity contribution in [3.8, 4) is 5.75 Å². The normalized spacial score (nSPS) is 19.9. The van der Waals surface area contributed by atoms with Crippen LogP contribution in [0.25, 0.3) is 0 Å². The van der Waals surface area contributed by atoms with E-state index < -0.39 is 15.9 Å². The number of ether oxygens (including phenoxy) is 1. The highest BCUT2D eigenvalue weighted by Crippen LogP contribution is 2.34. The van der Waals surface area contributed by atoms with Gasteiger partial charge in [0.2, 0.25) is 11.8 Å². The van der Waals surface area contributed by atoms with Crippen molar-refractivity contribution in [2.45, 2.75) is 17.6 Å². The lowest BCUT2D eigenvalue weighted by molar-refractivity contribution is -0.122. The third-order valence-corrected chi connectivity index (χ3v) is 9.94. The number of hydrogen-bond acceptors (Lipinski definition) is 7. The summed E-state index contributed by atoms with van der Waals surface area (Å²) < 4.78 is 32.8. The van der Waals surface area contributed by atoms with Crippen molar-refractivity contribution in [1.82, 2.24) is 4.31 Å². The van der Waals surface area contributed by atoms with Crippen LogP contribution in [0.15, 0.2) is 34.5 Å². The smallest absolute Gasteiger partial charge is 0.252 e. The van der Waals surface area contributed by atoms with Crippen LogP contribution in [-0.2, 0) is 19.6 Å². The SMILES string of the molecule is COc1ccc(N2C[C@H](C(=O)Nc3cc(S(=O)(=O)N4CCSCC4)sc3C)CC2=O)cc1. The molecule has 0 unspecified atom stereocenters. The molecule has 0 spiro atoms. The number of hydrogen-bond donors (Lipinski definition) is 1. The highest BCUT2D eigenvalue weighted by Gasteiger charge is 2.36. The molecule has 11 heteroatoms. The number of nitrogens with zero attached hydrogens (tertiary/aromatic N) is 2. The molecule has 0 aliphatic carbocycles. The number of thioether (sulfide) groups is 1. The van der Waals surface area contributed by atoms with Crippen molar-refractivity contribution < 1.29 is 22.7 Å². The summed E-state index contributed by atoms with van der Waals surface area (Å²) in [6.07, 6.45) is 0.109. The molecule has 1 atom stereocenters. The van der Waals surface area contributed by atoms with E-state index in [1.165, 1.54) is 10.4 Å². The molecule has 2 aromatic rings. The Morgan fingerprint density at radius 2 is 1.88 bits per heavy atom. The third kappa shape index (κ3) is 4.66. The van der Waals surface area contributed by atoms with Crippen molar-refractivity contribution in [3.05, 3.63) is 35.2 Å². The van der Waals surface area contributed by atoms with E-state index in [0.717, 1.165) is 27.7 Å². The number of anilines is 2. The van der Waals surface area contributed by atoms with Crippen LogP contribution in [0.1, 0.15) is 11.3 Å². The summed E-state index contributed by atoms with van der Waals surface area (Å²) in [6, 6.07) is 8.65. The van der Waals surface area contributed by atoms with Crippen LogP contribution in [0, 0.1) is 12.8 Å². The molecule has 32 heavy (non-hydrogen) atoms. The Balaban J connectivity index is 1.44. The lowest BCUT2D eigenvalue weighted by atomic mass is 10.1. The van der Waals surface area contributed by atoms with Crippen LogP contribution in [0.5, 0.6) is 5.75 Å². The second kappa shape index (κ2) is 9.42. The van der Waals surface area contributed by atoms with Gasteiger partial charge < -0.3 is 15.0 Å². The van der Waals surface area contributed by atoms with E-state index in [4.69, 9.17) is 4.74 Å². The standard InChI is InChI=1S/C21H25N3O5S3/c1-14-18(12-20(31-14)32(27,28)23-7-9-30-10-8-23)22-21(26)15-11-19(25)24(13-15)16-3-5-17(29-2)6-4-16/h3-6,12,15H,7-11,13H2,1-2H3,(H,22,26)/t15-/m1/s1. The zero-order valence-electron chi connectivity index (χ0n) is 17.9. The van der Waals surface area contributed by atoms with Gasteiger partial charge in [-0.3, -0.25) is 9.59 Å². The van der Waals surface area contributed by atoms with Gasteiger partial charge in [-0.2, -0.15) is 16.1 Å². The highest BCUT2D eigenvalue weighted by atomic mass is 32.2. The number of amides is 2. The van der Waals surface area contributed by atoms with Gasteiger partial charge in [0.1, 0.15) is 9.96 Å². The fourth-order valence-corrected chi connectivity index (χ4v) is 7.88. The minimum Gasteiger partial charge on any atom is -0.497 e. The second-order valence-electron chi connectivity index (χ2n) is 7.64. The number of sulfonamides is 1. The topological polar surface area (TPSA) is 96.0 Å². The minimum atomic E-state index is -3.56. The number of carbonyl (C=O) groups excluding carboxylic acids is 2. The van der Waals surface area contributed by atoms with Gasteiger partial charge in [-0.05, 0) is 37.3 Å². The van der Waals surface area contributed by atoms with Crippen LogP contribution < -0.4 is 15.0 Å². The Morgan fingerprint density at radius 1 is 1.19 bits per heavy atom. The van der Waals surface area contributed by atoms with Gasteiger partial charge in [-0.25, -0.2) is 8.42 Å². The first-order valence-corrected chi connectivity index (χ1v) is 13.6. The number of nitrogens with one attached hydrogen (secondary N) is 1. The molecule has 3 heterocycles. The van der Waals surface area contributed by atoms with Crippen LogP contribution in [-0.4, -0.2) is 62.8 Å². The maximum atomic E-state index is 12.9. The molecular weight excluding hydrogens is 470 g/mol. The van der Waals surface area contributed by atoms with Gasteiger partial charge in [0.25, 0.3) is 10.0 Å². The highest BCUT2D eigenvalue weighted by molar-refractivity contribution is 7.99. The van der Waals surface area contributed by atoms with E-state index in [9.17, 15) is 18.0 Å². The van der Waals surface area contributed by atoms with Crippen molar-refractivity contribution in [2.24, 2.45) is 5.92 Å². The van der Waals surface area contributed by atoms with Gasteiger partial charge in [-0.15, -0.1) is 11.3 Å². The van der Waals surface area contributed by atoms with Crippen LogP contribution in [0.4, 0.5) is 11.4 Å². The molecule has 0 bridgehead atoms. The fourth-order valence-electron chi connectivity index (χ4n) is 3.75. The van der Waals surface area contributed by atoms with E-state index in [0.29, 0.717) is 30.2 Å². The van der Waals surface area contributed by atoms with E-state index in [2.05, 4.69) is 5.32 Å². The first-order chi connectivity index (χ1) is 15.3. The first-order valence-electron chi connectivity index (χ1n) is 10.2. The van der Waals surface area contributed by atoms with Gasteiger partial charge >= 0.3 is 0 Å². The summed E-state index contributed by atoms with van der Waals surface area (Å²) in [6.45, 7) is 3.06. The van der Waals surface area contributed by atoms with Gasteiger partial charge in [-0.1, -0.05) is 0 Å². The molecule has 1 N–H and O–H groups in total. The van der Waals surface area contributed by atoms with E-state index in [1.807, 2.05) is 0 Å². The molecule has 0 radical (unpaired) electrons. The van der Waals surface area contributed by atoms with Crippen LogP contribution in [0.3, 0.4) is 0 Å². The summed E-state index contributed by atoms with van der Waals surface area (Å²) in [7, 11) is -1.99. The lowest BCUT2D eigenvalue weighted by Crippen LogP contribution is -2.37. The quantitative estimate of drug-likeness (QED) is 0.662. The molecule has 4 rings (SSSR count). The third-order valence-electron chi connectivity index (χ3n) is 5.60. The second-order valence-corrected chi connectivity index (χ2v) is 12.3. The molecule has 8 nitrogen and oxygen atoms in total. The summed E-state index contributed by atoms with van der Waals surface area (Å²) in [5.41, 5.74) is 1.20. The molecule has 2 saturated heterocycles. The van der Waals surface area contributed by atoms with Crippen molar-refractivity contribution in [2.75, 3.05) is 48.5 Å². The Labute approximate surface area is 196 Å². The predicted octanol–water partition coefficient (Wildman–Crippen LogP) is 2.79. The first kappa shape index (κ1) is 23.1. The molecule has 2 aliphatic rings.